The molecule has 0 fully saturated rings. The Morgan fingerprint density at radius 3 is 0.852 bits per heavy atom. The molecular weight excluding hydrogens is 348 g/mol. The first kappa shape index (κ1) is 31.4. The van der Waals surface area contributed by atoms with E-state index in [1.54, 1.807) is 0 Å². The minimum atomic E-state index is -0.355. The summed E-state index contributed by atoms with van der Waals surface area (Å²) in [7, 11) is 0. The molecule has 0 aliphatic heterocycles. The maximum absolute atomic E-state index is 5.82. The largest absolute Gasteiger partial charge is 0.381 e. The molecule has 0 amide bonds. The molecule has 8 N–H and O–H groups in total. The summed E-state index contributed by atoms with van der Waals surface area (Å²) in [4.78, 5) is 0. The van der Waals surface area contributed by atoms with Crippen LogP contribution >= 0.6 is 0 Å². The average Bonchev–Trinajstić information content (AvgIpc) is 2.63. The Labute approximate surface area is 167 Å². The van der Waals surface area contributed by atoms with Gasteiger partial charge in [0.25, 0.3) is 0 Å². The van der Waals surface area contributed by atoms with Crippen molar-refractivity contribution >= 4 is 0 Å². The highest BCUT2D eigenvalue weighted by Crippen LogP contribution is 2.21. The van der Waals surface area contributed by atoms with E-state index >= 15 is 0 Å². The highest BCUT2D eigenvalue weighted by Gasteiger charge is 2.32. The highest BCUT2D eigenvalue weighted by atomic mass is 16.5. The topological polar surface area (TPSA) is 141 Å². The summed E-state index contributed by atoms with van der Waals surface area (Å²) in [5.74, 6) is 0. The molecule has 0 aliphatic rings. The lowest BCUT2D eigenvalue weighted by Gasteiger charge is -2.33. The zero-order valence-corrected chi connectivity index (χ0v) is 15.8. The minimum Gasteiger partial charge on any atom is -0.381 e. The molecule has 8 heteroatoms. The quantitative estimate of drug-likeness (QED) is 0.220. The van der Waals surface area contributed by atoms with Crippen LogP contribution < -0.4 is 22.9 Å². The second kappa shape index (κ2) is 23.7. The Hall–Kier alpha value is -0.320. The molecule has 0 spiro atoms. The normalized spacial score (nSPS) is 11.1. The van der Waals surface area contributed by atoms with Gasteiger partial charge < -0.3 is 41.9 Å². The van der Waals surface area contributed by atoms with E-state index in [9.17, 15) is 0 Å². The van der Waals surface area contributed by atoms with Gasteiger partial charge >= 0.3 is 0 Å². The van der Waals surface area contributed by atoms with E-state index in [-0.39, 0.29) is 20.3 Å². The fraction of sp³-hybridized carbons (Fsp3) is 1.00. The highest BCUT2D eigenvalue weighted by molar-refractivity contribution is 4.79. The Kier molecular flexibility index (Phi) is 27.6. The summed E-state index contributed by atoms with van der Waals surface area (Å²) in [6.45, 7) is 6.92. The second-order valence-electron chi connectivity index (χ2n) is 6.28. The molecule has 0 aromatic heterocycles. The van der Waals surface area contributed by atoms with E-state index in [2.05, 4.69) is 0 Å². The first-order chi connectivity index (χ1) is 12.2. The van der Waals surface area contributed by atoms with Crippen LogP contribution in [0.5, 0.6) is 0 Å². The van der Waals surface area contributed by atoms with Gasteiger partial charge in [-0.3, -0.25) is 0 Å². The van der Waals surface area contributed by atoms with Crippen molar-refractivity contribution < 1.29 is 18.9 Å². The van der Waals surface area contributed by atoms with E-state index in [0.717, 1.165) is 25.7 Å². The van der Waals surface area contributed by atoms with Crippen LogP contribution in [0.3, 0.4) is 0 Å². The van der Waals surface area contributed by atoms with Gasteiger partial charge in [0.05, 0.1) is 31.8 Å². The van der Waals surface area contributed by atoms with E-state index in [1.807, 2.05) is 0 Å². The van der Waals surface area contributed by atoms with Gasteiger partial charge in [0.15, 0.2) is 0 Å². The third-order valence-electron chi connectivity index (χ3n) is 3.60. The first-order valence-electron chi connectivity index (χ1n) is 9.36. The summed E-state index contributed by atoms with van der Waals surface area (Å²) >= 11 is 0. The third-order valence-corrected chi connectivity index (χ3v) is 3.60. The summed E-state index contributed by atoms with van der Waals surface area (Å²) in [5.41, 5.74) is 21.8. The van der Waals surface area contributed by atoms with Gasteiger partial charge in [-0.2, -0.15) is 0 Å². The van der Waals surface area contributed by atoms with Gasteiger partial charge in [-0.1, -0.05) is 14.9 Å². The molecule has 0 rings (SSSR count). The number of rotatable bonds is 20. The predicted molar refractivity (Wildman–Crippen MR) is 114 cm³/mol. The van der Waals surface area contributed by atoms with Crippen LogP contribution in [0.2, 0.25) is 0 Å². The molecule has 27 heavy (non-hydrogen) atoms. The molecule has 0 aromatic carbocycles. The van der Waals surface area contributed by atoms with Crippen molar-refractivity contribution in [3.63, 3.8) is 0 Å². The van der Waals surface area contributed by atoms with Crippen LogP contribution in [0.25, 0.3) is 0 Å². The lowest BCUT2D eigenvalue weighted by molar-refractivity contribution is -0.107. The van der Waals surface area contributed by atoms with Crippen molar-refractivity contribution in [2.45, 2.75) is 40.5 Å². The first-order valence-corrected chi connectivity index (χ1v) is 9.36. The number of hydrogen-bond acceptors (Lipinski definition) is 8. The Morgan fingerprint density at radius 2 is 0.667 bits per heavy atom. The summed E-state index contributed by atoms with van der Waals surface area (Å²) in [5, 5.41) is 0. The SMILES string of the molecule is C.C.NCCCOCC(COCCCN)(COCCCN)COCCCN. The molecule has 0 bridgehead atoms. The molecule has 0 atom stereocenters. The van der Waals surface area contributed by atoms with E-state index < -0.39 is 0 Å². The van der Waals surface area contributed by atoms with Crippen LogP contribution in [0, 0.1) is 5.41 Å². The van der Waals surface area contributed by atoms with E-state index in [1.165, 1.54) is 0 Å². The molecule has 0 saturated heterocycles. The summed E-state index contributed by atoms with van der Waals surface area (Å²) in [6, 6.07) is 0. The van der Waals surface area contributed by atoms with E-state index in [0.29, 0.717) is 79.0 Å². The zero-order valence-electron chi connectivity index (χ0n) is 15.8. The van der Waals surface area contributed by atoms with Gasteiger partial charge in [0.1, 0.15) is 0 Å². The molecule has 8 nitrogen and oxygen atoms in total. The van der Waals surface area contributed by atoms with Gasteiger partial charge in [0.2, 0.25) is 0 Å². The molecule has 0 heterocycles. The van der Waals surface area contributed by atoms with Crippen molar-refractivity contribution in [3.8, 4) is 0 Å². The molecule has 0 radical (unpaired) electrons. The molecule has 0 saturated carbocycles. The Bertz CT molecular complexity index is 221. The van der Waals surface area contributed by atoms with Gasteiger partial charge in [-0.05, 0) is 51.9 Å². The Balaban J connectivity index is -0.00000288. The van der Waals surface area contributed by atoms with Crippen molar-refractivity contribution in [2.24, 2.45) is 28.3 Å². The van der Waals surface area contributed by atoms with Crippen molar-refractivity contribution in [1.82, 2.24) is 0 Å². The maximum atomic E-state index is 5.82. The minimum absolute atomic E-state index is 0. The standard InChI is InChI=1S/C17H40N4O4.2CH4/c18-5-1-9-22-13-17(14-23-10-2-6-19,15-24-11-3-7-20)16-25-12-4-8-21;;/h1-16,18-21H2;2*1H4. The van der Waals surface area contributed by atoms with Gasteiger partial charge in [0, 0.05) is 26.4 Å². The number of nitrogens with two attached hydrogens (primary N) is 4. The van der Waals surface area contributed by atoms with E-state index in [4.69, 9.17) is 41.9 Å². The monoisotopic (exact) mass is 396 g/mol. The van der Waals surface area contributed by atoms with Crippen LogP contribution in [-0.2, 0) is 18.9 Å². The number of ether oxygens (including phenoxy) is 4. The lowest BCUT2D eigenvalue weighted by atomic mass is 9.92. The van der Waals surface area contributed by atoms with Crippen molar-refractivity contribution in [1.29, 1.82) is 0 Å². The van der Waals surface area contributed by atoms with Crippen molar-refractivity contribution in [2.75, 3.05) is 79.0 Å². The van der Waals surface area contributed by atoms with Crippen LogP contribution in [0.4, 0.5) is 0 Å². The van der Waals surface area contributed by atoms with Gasteiger partial charge in [-0.15, -0.1) is 0 Å². The molecule has 0 aromatic rings. The number of hydrogen-bond donors (Lipinski definition) is 4. The predicted octanol–water partition coefficient (Wildman–Crippen LogP) is 0.707. The summed E-state index contributed by atoms with van der Waals surface area (Å²) in [6.07, 6.45) is 3.30. The third kappa shape index (κ3) is 18.8. The van der Waals surface area contributed by atoms with Crippen LogP contribution in [0.1, 0.15) is 40.5 Å². The maximum Gasteiger partial charge on any atom is 0.0637 e. The lowest BCUT2D eigenvalue weighted by Crippen LogP contribution is -2.42. The fourth-order valence-electron chi connectivity index (χ4n) is 2.15. The molecule has 0 aliphatic carbocycles. The van der Waals surface area contributed by atoms with Crippen LogP contribution in [-0.4, -0.2) is 79.0 Å². The molecule has 168 valence electrons. The summed E-state index contributed by atoms with van der Waals surface area (Å²) < 4.78 is 23.3. The average molecular weight is 397 g/mol. The smallest absolute Gasteiger partial charge is 0.0637 e. The zero-order chi connectivity index (χ0) is 18.6. The Morgan fingerprint density at radius 1 is 0.444 bits per heavy atom. The van der Waals surface area contributed by atoms with Crippen molar-refractivity contribution in [3.05, 3.63) is 0 Å². The fourth-order valence-corrected chi connectivity index (χ4v) is 2.15. The van der Waals surface area contributed by atoms with Crippen LogP contribution in [0.15, 0.2) is 0 Å². The van der Waals surface area contributed by atoms with Gasteiger partial charge in [-0.25, -0.2) is 0 Å². The second-order valence-corrected chi connectivity index (χ2v) is 6.28. The molecule has 0 unspecified atom stereocenters. The molecular formula is C19H48N4O4.